The Morgan fingerprint density at radius 3 is 2.46 bits per heavy atom. The van der Waals surface area contributed by atoms with Crippen molar-refractivity contribution in [3.05, 3.63) is 58.8 Å². The average molecular weight is 480 g/mol. The quantitative estimate of drug-likeness (QED) is 0.647. The van der Waals surface area contributed by atoms with E-state index in [-0.39, 0.29) is 11.3 Å². The molecule has 0 saturated carbocycles. The van der Waals surface area contributed by atoms with Gasteiger partial charge in [-0.2, -0.15) is 0 Å². The number of carbonyl (C=O) groups is 1. The van der Waals surface area contributed by atoms with E-state index in [2.05, 4.69) is 48.2 Å². The van der Waals surface area contributed by atoms with Crippen molar-refractivity contribution >= 4 is 5.91 Å². The van der Waals surface area contributed by atoms with Crippen LogP contribution in [0.15, 0.2) is 47.7 Å². The fraction of sp³-hybridized carbons (Fsp3) is 0.621. The molecule has 6 nitrogen and oxygen atoms in total. The molecule has 1 aliphatic carbocycles. The van der Waals surface area contributed by atoms with Gasteiger partial charge in [0.25, 0.3) is 0 Å². The molecule has 1 N–H and O–H groups in total. The maximum Gasteiger partial charge on any atom is 0.223 e. The third-order valence-corrected chi connectivity index (χ3v) is 8.90. The van der Waals surface area contributed by atoms with E-state index in [9.17, 15) is 9.90 Å². The van der Waals surface area contributed by atoms with Crippen LogP contribution in [0.2, 0.25) is 0 Å². The molecule has 190 valence electrons. The zero-order valence-corrected chi connectivity index (χ0v) is 21.6. The number of piperidine rings is 2. The van der Waals surface area contributed by atoms with Gasteiger partial charge in [-0.3, -0.25) is 9.69 Å². The van der Waals surface area contributed by atoms with Gasteiger partial charge in [0, 0.05) is 56.2 Å². The topological polar surface area (TPSA) is 56.3 Å². The number of aliphatic hydroxyl groups excluding tert-OH is 1. The smallest absolute Gasteiger partial charge is 0.223 e. The second-order valence-electron chi connectivity index (χ2n) is 10.9. The number of carbonyl (C=O) groups excluding carboxylic acids is 1. The maximum atomic E-state index is 12.6. The Bertz CT molecular complexity index is 969. The first kappa shape index (κ1) is 24.7. The van der Waals surface area contributed by atoms with E-state index in [4.69, 9.17) is 4.74 Å². The normalized spacial score (nSPS) is 26.4. The molecule has 2 fully saturated rings. The van der Waals surface area contributed by atoms with Gasteiger partial charge < -0.3 is 19.6 Å². The van der Waals surface area contributed by atoms with Crippen LogP contribution in [0.4, 0.5) is 0 Å². The lowest BCUT2D eigenvalue weighted by Crippen LogP contribution is -2.52. The summed E-state index contributed by atoms with van der Waals surface area (Å²) in [4.78, 5) is 19.3. The summed E-state index contributed by atoms with van der Waals surface area (Å²) in [5.41, 5.74) is 5.45. The molecular formula is C29H41N3O3. The van der Waals surface area contributed by atoms with Crippen LogP contribution in [0.5, 0.6) is 0 Å². The second kappa shape index (κ2) is 10.2. The standard InChI is InChI=1S/C29H41N3O3/c1-4-35-28(34)31-15-11-25(12-16-31)30-17-13-29(14-18-30)20-32(22(3)33)27-10-9-24(19-26(27)29)23-7-5-21(2)6-8-23/h5-10,24-25,28,34H,4,11-20H2,1-3H3. The highest BCUT2D eigenvalue weighted by Crippen LogP contribution is 2.52. The van der Waals surface area contributed by atoms with E-state index >= 15 is 0 Å². The third kappa shape index (κ3) is 4.86. The van der Waals surface area contributed by atoms with Gasteiger partial charge in [-0.05, 0) is 76.3 Å². The summed E-state index contributed by atoms with van der Waals surface area (Å²) in [6, 6.07) is 9.51. The first-order valence-corrected chi connectivity index (χ1v) is 13.4. The molecule has 0 aromatic heterocycles. The number of likely N-dealkylation sites (tertiary alicyclic amines) is 2. The molecule has 1 aromatic rings. The van der Waals surface area contributed by atoms with Crippen molar-refractivity contribution in [1.29, 1.82) is 0 Å². The summed E-state index contributed by atoms with van der Waals surface area (Å²) >= 11 is 0. The van der Waals surface area contributed by atoms with Crippen LogP contribution in [0, 0.1) is 12.3 Å². The third-order valence-electron chi connectivity index (χ3n) is 8.90. The minimum Gasteiger partial charge on any atom is -0.356 e. The predicted molar refractivity (Wildman–Crippen MR) is 138 cm³/mol. The van der Waals surface area contributed by atoms with Crippen molar-refractivity contribution in [1.82, 2.24) is 14.7 Å². The molecule has 1 amide bonds. The number of fused-ring (bicyclic) bond motifs is 1. The fourth-order valence-electron chi connectivity index (χ4n) is 6.75. The van der Waals surface area contributed by atoms with Crippen molar-refractivity contribution in [3.63, 3.8) is 0 Å². The molecule has 4 aliphatic rings. The summed E-state index contributed by atoms with van der Waals surface area (Å²) < 4.78 is 5.38. The number of nitrogens with zero attached hydrogens (tertiary/aromatic N) is 3. The molecule has 0 radical (unpaired) electrons. The highest BCUT2D eigenvalue weighted by Gasteiger charge is 2.48. The number of aliphatic hydroxyl groups is 1. The van der Waals surface area contributed by atoms with Crippen molar-refractivity contribution in [2.75, 3.05) is 39.3 Å². The van der Waals surface area contributed by atoms with Gasteiger partial charge in [-0.1, -0.05) is 35.9 Å². The van der Waals surface area contributed by atoms with Crippen molar-refractivity contribution in [3.8, 4) is 0 Å². The Kier molecular flexibility index (Phi) is 7.18. The van der Waals surface area contributed by atoms with Gasteiger partial charge in [0.15, 0.2) is 0 Å². The van der Waals surface area contributed by atoms with E-state index in [1.54, 1.807) is 6.92 Å². The zero-order chi connectivity index (χ0) is 24.6. The fourth-order valence-corrected chi connectivity index (χ4v) is 6.75. The van der Waals surface area contributed by atoms with Gasteiger partial charge in [-0.25, -0.2) is 0 Å². The van der Waals surface area contributed by atoms with Crippen LogP contribution in [0.3, 0.4) is 0 Å². The van der Waals surface area contributed by atoms with E-state index in [0.29, 0.717) is 18.6 Å². The lowest BCUT2D eigenvalue weighted by atomic mass is 9.69. The van der Waals surface area contributed by atoms with Crippen LogP contribution in [-0.2, 0) is 9.53 Å². The first-order chi connectivity index (χ1) is 16.9. The van der Waals surface area contributed by atoms with Gasteiger partial charge >= 0.3 is 0 Å². The Morgan fingerprint density at radius 2 is 1.83 bits per heavy atom. The lowest BCUT2D eigenvalue weighted by molar-refractivity contribution is -0.197. The first-order valence-electron chi connectivity index (χ1n) is 13.4. The van der Waals surface area contributed by atoms with E-state index in [0.717, 1.165) is 64.8 Å². The number of allylic oxidation sites excluding steroid dienone is 2. The average Bonchev–Trinajstić information content (AvgIpc) is 3.19. The molecule has 3 aliphatic heterocycles. The van der Waals surface area contributed by atoms with E-state index in [1.807, 2.05) is 16.7 Å². The monoisotopic (exact) mass is 479 g/mol. The van der Waals surface area contributed by atoms with Crippen molar-refractivity contribution < 1.29 is 14.6 Å². The lowest BCUT2D eigenvalue weighted by Gasteiger charge is -2.46. The summed E-state index contributed by atoms with van der Waals surface area (Å²) in [7, 11) is 0. The molecule has 2 saturated heterocycles. The van der Waals surface area contributed by atoms with Crippen LogP contribution in [0.25, 0.3) is 0 Å². The SMILES string of the molecule is CCOC(O)N1CCC(N2CCC3(CC2)CN(C(C)=O)C2=C3CC(c3ccc(C)cc3)C=C2)CC1. The number of hydrogen-bond donors (Lipinski definition) is 1. The molecule has 1 spiro atoms. The molecule has 1 aromatic carbocycles. The summed E-state index contributed by atoms with van der Waals surface area (Å²) in [6.07, 6.45) is 9.16. The molecule has 35 heavy (non-hydrogen) atoms. The summed E-state index contributed by atoms with van der Waals surface area (Å²) in [5, 5.41) is 10.2. The minimum atomic E-state index is -0.771. The molecular weight excluding hydrogens is 438 g/mol. The molecule has 3 heterocycles. The highest BCUT2D eigenvalue weighted by molar-refractivity contribution is 5.77. The summed E-state index contributed by atoms with van der Waals surface area (Å²) in [6.45, 7) is 11.1. The largest absolute Gasteiger partial charge is 0.356 e. The maximum absolute atomic E-state index is 12.6. The number of aryl methyl sites for hydroxylation is 1. The van der Waals surface area contributed by atoms with Crippen molar-refractivity contribution in [2.45, 2.75) is 71.2 Å². The number of benzene rings is 1. The number of rotatable bonds is 5. The number of hydrogen-bond acceptors (Lipinski definition) is 5. The molecule has 6 heteroatoms. The van der Waals surface area contributed by atoms with Crippen LogP contribution in [-0.4, -0.2) is 77.5 Å². The second-order valence-corrected chi connectivity index (χ2v) is 10.9. The van der Waals surface area contributed by atoms with Crippen LogP contribution < -0.4 is 0 Å². The van der Waals surface area contributed by atoms with Gasteiger partial charge in [0.05, 0.1) is 0 Å². The number of amides is 1. The highest BCUT2D eigenvalue weighted by atomic mass is 16.6. The zero-order valence-electron chi connectivity index (χ0n) is 21.6. The molecule has 2 unspecified atom stereocenters. The van der Waals surface area contributed by atoms with Crippen LogP contribution in [0.1, 0.15) is 63.0 Å². The van der Waals surface area contributed by atoms with Crippen molar-refractivity contribution in [2.24, 2.45) is 5.41 Å². The van der Waals surface area contributed by atoms with E-state index < -0.39 is 6.41 Å². The number of ether oxygens (including phenoxy) is 1. The molecule has 0 bridgehead atoms. The Morgan fingerprint density at radius 1 is 1.14 bits per heavy atom. The Hall–Kier alpha value is -1.99. The van der Waals surface area contributed by atoms with Gasteiger partial charge in [0.2, 0.25) is 12.3 Å². The Labute approximate surface area is 210 Å². The predicted octanol–water partition coefficient (Wildman–Crippen LogP) is 4.01. The van der Waals surface area contributed by atoms with Gasteiger partial charge in [-0.15, -0.1) is 0 Å². The minimum absolute atomic E-state index is 0.108. The molecule has 2 atom stereocenters. The van der Waals surface area contributed by atoms with Crippen LogP contribution >= 0.6 is 0 Å². The summed E-state index contributed by atoms with van der Waals surface area (Å²) in [5.74, 6) is 0.549. The van der Waals surface area contributed by atoms with E-state index in [1.165, 1.54) is 22.4 Å². The van der Waals surface area contributed by atoms with Gasteiger partial charge in [0.1, 0.15) is 0 Å². The Balaban J connectivity index is 1.26. The molecule has 5 rings (SSSR count).